The minimum atomic E-state index is -1.39. The molecule has 3 rings (SSSR count). The highest BCUT2D eigenvalue weighted by Crippen LogP contribution is 2.55. The number of benzene rings is 1. The Morgan fingerprint density at radius 2 is 2.04 bits per heavy atom. The van der Waals surface area contributed by atoms with Crippen LogP contribution < -0.4 is 15.4 Å². The Bertz CT molecular complexity index is 753. The molecular weight excluding hydrogens is 368 g/mol. The summed E-state index contributed by atoms with van der Waals surface area (Å²) in [4.78, 5) is 23.0. The number of aliphatic hydroxyl groups is 2. The highest BCUT2D eigenvalue weighted by molar-refractivity contribution is 5.98. The fraction of sp³-hybridized carbons (Fsp3) is 0.474. The third-order valence-corrected chi connectivity index (χ3v) is 5.05. The van der Waals surface area contributed by atoms with Crippen LogP contribution in [-0.2, 0) is 19.1 Å². The molecule has 1 aromatic rings. The van der Waals surface area contributed by atoms with Crippen molar-refractivity contribution in [2.45, 2.75) is 37.1 Å². The van der Waals surface area contributed by atoms with Crippen LogP contribution in [-0.4, -0.2) is 65.9 Å². The molecule has 1 heterocycles. The number of ether oxygens (including phenoxy) is 3. The monoisotopic (exact) mass is 392 g/mol. The van der Waals surface area contributed by atoms with Crippen molar-refractivity contribution in [2.24, 2.45) is 5.92 Å². The van der Waals surface area contributed by atoms with E-state index >= 15 is 0 Å². The van der Waals surface area contributed by atoms with E-state index in [-0.39, 0.29) is 11.8 Å². The summed E-state index contributed by atoms with van der Waals surface area (Å²) in [6.45, 7) is 4.32. The summed E-state index contributed by atoms with van der Waals surface area (Å²) in [7, 11) is 1.45. The lowest BCUT2D eigenvalue weighted by atomic mass is 10.0. The van der Waals surface area contributed by atoms with E-state index < -0.39 is 42.7 Å². The van der Waals surface area contributed by atoms with E-state index in [9.17, 15) is 19.8 Å². The smallest absolute Gasteiger partial charge is 0.247 e. The van der Waals surface area contributed by atoms with E-state index in [4.69, 9.17) is 14.2 Å². The summed E-state index contributed by atoms with van der Waals surface area (Å²) in [5.41, 5.74) is -0.834. The molecule has 1 aliphatic carbocycles. The molecule has 2 amide bonds. The van der Waals surface area contributed by atoms with Crippen LogP contribution in [0, 0.1) is 5.92 Å². The van der Waals surface area contributed by atoms with Crippen molar-refractivity contribution in [2.75, 3.05) is 19.0 Å². The fourth-order valence-corrected chi connectivity index (χ4v) is 3.75. The fourth-order valence-electron chi connectivity index (χ4n) is 3.75. The van der Waals surface area contributed by atoms with Crippen molar-refractivity contribution in [3.8, 4) is 5.75 Å². The number of hydrogen-bond acceptors (Lipinski definition) is 7. The maximum absolute atomic E-state index is 11.7. The Morgan fingerprint density at radius 3 is 2.57 bits per heavy atom. The average Bonchev–Trinajstić information content (AvgIpc) is 3.30. The maximum atomic E-state index is 11.7. The van der Waals surface area contributed by atoms with Crippen LogP contribution in [0.5, 0.6) is 5.75 Å². The lowest BCUT2D eigenvalue weighted by molar-refractivity contribution is -0.217. The standard InChI is InChI=1S/C19H24N2O7/c1-4-14(24)21-11-5-7-12(8-6-11)27-18-16(20-10(2)23)15-17(26-3)19(15,25)13(9-22)28-18/h4-8,13,15-18,22,25H,1,9H2,2-3H3,(H,20,23)(H,21,24)/t13?,15-,16?,17?,18+,19?/m0/s1. The molecule has 152 valence electrons. The number of carbonyl (C=O) groups is 2. The van der Waals surface area contributed by atoms with E-state index in [0.29, 0.717) is 11.4 Å². The average molecular weight is 392 g/mol. The molecule has 0 aromatic heterocycles. The van der Waals surface area contributed by atoms with E-state index in [2.05, 4.69) is 17.2 Å². The van der Waals surface area contributed by atoms with Gasteiger partial charge in [0.05, 0.1) is 18.8 Å². The second-order valence-electron chi connectivity index (χ2n) is 6.81. The van der Waals surface area contributed by atoms with Crippen molar-refractivity contribution in [1.82, 2.24) is 5.32 Å². The number of rotatable bonds is 7. The quantitative estimate of drug-likeness (QED) is 0.473. The molecule has 4 N–H and O–H groups in total. The van der Waals surface area contributed by atoms with Crippen molar-refractivity contribution in [3.63, 3.8) is 0 Å². The molecule has 1 aromatic carbocycles. The maximum Gasteiger partial charge on any atom is 0.247 e. The van der Waals surface area contributed by atoms with Gasteiger partial charge in [0.25, 0.3) is 0 Å². The summed E-state index contributed by atoms with van der Waals surface area (Å²) in [6, 6.07) is 5.87. The second kappa shape index (κ2) is 7.88. The molecular formula is C19H24N2O7. The first-order valence-corrected chi connectivity index (χ1v) is 8.83. The number of carbonyl (C=O) groups excluding carboxylic acids is 2. The largest absolute Gasteiger partial charge is 0.463 e. The summed E-state index contributed by atoms with van der Waals surface area (Å²) >= 11 is 0. The zero-order valence-electron chi connectivity index (χ0n) is 15.6. The first-order chi connectivity index (χ1) is 13.3. The number of nitrogens with one attached hydrogen (secondary N) is 2. The predicted molar refractivity (Wildman–Crippen MR) is 98.5 cm³/mol. The van der Waals surface area contributed by atoms with Gasteiger partial charge in [-0.3, -0.25) is 9.59 Å². The van der Waals surface area contributed by atoms with Gasteiger partial charge in [-0.25, -0.2) is 0 Å². The Morgan fingerprint density at radius 1 is 1.36 bits per heavy atom. The van der Waals surface area contributed by atoms with Crippen LogP contribution in [0.2, 0.25) is 0 Å². The Hall–Kier alpha value is -2.46. The van der Waals surface area contributed by atoms with Gasteiger partial charge >= 0.3 is 0 Å². The van der Waals surface area contributed by atoms with Crippen molar-refractivity contribution >= 4 is 17.5 Å². The Kier molecular flexibility index (Phi) is 5.71. The van der Waals surface area contributed by atoms with E-state index in [1.54, 1.807) is 24.3 Å². The molecule has 28 heavy (non-hydrogen) atoms. The number of aliphatic hydroxyl groups excluding tert-OH is 1. The molecule has 9 nitrogen and oxygen atoms in total. The van der Waals surface area contributed by atoms with Gasteiger partial charge < -0.3 is 35.1 Å². The molecule has 4 unspecified atom stereocenters. The van der Waals surface area contributed by atoms with Gasteiger partial charge in [-0.05, 0) is 30.3 Å². The highest BCUT2D eigenvalue weighted by Gasteiger charge is 2.76. The Labute approximate surface area is 162 Å². The number of hydrogen-bond donors (Lipinski definition) is 4. The predicted octanol–water partition coefficient (Wildman–Crippen LogP) is -0.212. The molecule has 2 aliphatic rings. The van der Waals surface area contributed by atoms with E-state index in [1.165, 1.54) is 14.0 Å². The van der Waals surface area contributed by atoms with Gasteiger partial charge in [0.15, 0.2) is 0 Å². The topological polar surface area (TPSA) is 126 Å². The van der Waals surface area contributed by atoms with Crippen LogP contribution in [0.3, 0.4) is 0 Å². The lowest BCUT2D eigenvalue weighted by Gasteiger charge is -2.37. The molecule has 9 heteroatoms. The molecule has 1 saturated heterocycles. The van der Waals surface area contributed by atoms with Crippen molar-refractivity contribution in [3.05, 3.63) is 36.9 Å². The zero-order chi connectivity index (χ0) is 20.5. The molecule has 1 aliphatic heterocycles. The summed E-state index contributed by atoms with van der Waals surface area (Å²) < 4.78 is 16.9. The van der Waals surface area contributed by atoms with Crippen LogP contribution >= 0.6 is 0 Å². The van der Waals surface area contributed by atoms with Gasteiger partial charge in [-0.2, -0.15) is 0 Å². The van der Waals surface area contributed by atoms with Crippen LogP contribution in [0.1, 0.15) is 6.92 Å². The van der Waals surface area contributed by atoms with Crippen molar-refractivity contribution < 1.29 is 34.0 Å². The number of amides is 2. The van der Waals surface area contributed by atoms with Crippen LogP contribution in [0.4, 0.5) is 5.69 Å². The van der Waals surface area contributed by atoms with Gasteiger partial charge in [0, 0.05) is 25.6 Å². The minimum Gasteiger partial charge on any atom is -0.463 e. The second-order valence-corrected chi connectivity index (χ2v) is 6.81. The van der Waals surface area contributed by atoms with Gasteiger partial charge in [0.2, 0.25) is 18.1 Å². The minimum absolute atomic E-state index is 0.309. The molecule has 2 fully saturated rings. The molecule has 0 spiro atoms. The first kappa shape index (κ1) is 20.3. The summed E-state index contributed by atoms with van der Waals surface area (Å²) in [5.74, 6) is -0.701. The first-order valence-electron chi connectivity index (χ1n) is 8.83. The molecule has 0 radical (unpaired) electrons. The SMILES string of the molecule is C=CC(=O)Nc1ccc(O[C@@H]2OC(CO)C3(O)C(OC)[C@@H]3C2NC(C)=O)cc1. The lowest BCUT2D eigenvalue weighted by Crippen LogP contribution is -2.58. The van der Waals surface area contributed by atoms with E-state index in [0.717, 1.165) is 6.08 Å². The molecule has 6 atom stereocenters. The third kappa shape index (κ3) is 3.61. The van der Waals surface area contributed by atoms with Crippen LogP contribution in [0.15, 0.2) is 36.9 Å². The highest BCUT2D eigenvalue weighted by atomic mass is 16.7. The summed E-state index contributed by atoms with van der Waals surface area (Å²) in [5, 5.41) is 25.8. The molecule has 0 bridgehead atoms. The van der Waals surface area contributed by atoms with Gasteiger partial charge in [-0.15, -0.1) is 0 Å². The number of anilines is 1. The molecule has 1 saturated carbocycles. The zero-order valence-corrected chi connectivity index (χ0v) is 15.6. The van der Waals surface area contributed by atoms with Crippen LogP contribution in [0.25, 0.3) is 0 Å². The van der Waals surface area contributed by atoms with Crippen molar-refractivity contribution in [1.29, 1.82) is 0 Å². The van der Waals surface area contributed by atoms with E-state index in [1.807, 2.05) is 0 Å². The summed E-state index contributed by atoms with van der Waals surface area (Å²) in [6.07, 6.45) is -1.29. The van der Waals surface area contributed by atoms with Gasteiger partial charge in [0.1, 0.15) is 17.5 Å². The van der Waals surface area contributed by atoms with Gasteiger partial charge in [-0.1, -0.05) is 6.58 Å². The third-order valence-electron chi connectivity index (χ3n) is 5.05. The number of methoxy groups -OCH3 is 1. The number of fused-ring (bicyclic) bond motifs is 1. The normalized spacial score (nSPS) is 33.4. The Balaban J connectivity index is 1.78.